The zero-order valence-electron chi connectivity index (χ0n) is 15.1. The molecular weight excluding hydrogens is 304 g/mol. The summed E-state index contributed by atoms with van der Waals surface area (Å²) in [4.78, 5) is 12.1. The first-order valence-electron chi connectivity index (χ1n) is 9.77. The molecule has 4 fully saturated rings. The Morgan fingerprint density at radius 2 is 1.83 bits per heavy atom. The lowest BCUT2D eigenvalue weighted by Gasteiger charge is -2.63. The SMILES string of the molecule is C[C@@]12CCC[C@@](C)(C(=O)O)[C@H]1CC[C@@]13C[C@@H](CC[C@H]12)[C@](O)(CO)C3. The van der Waals surface area contributed by atoms with Crippen LogP contribution in [0.15, 0.2) is 0 Å². The van der Waals surface area contributed by atoms with E-state index in [1.54, 1.807) is 0 Å². The van der Waals surface area contributed by atoms with Gasteiger partial charge in [-0.2, -0.15) is 0 Å². The Kier molecular flexibility index (Phi) is 3.49. The summed E-state index contributed by atoms with van der Waals surface area (Å²) >= 11 is 0. The molecule has 3 N–H and O–H groups in total. The summed E-state index contributed by atoms with van der Waals surface area (Å²) in [5.74, 6) is 0.348. The molecule has 4 nitrogen and oxygen atoms in total. The quantitative estimate of drug-likeness (QED) is 0.723. The van der Waals surface area contributed by atoms with Gasteiger partial charge in [0.15, 0.2) is 0 Å². The number of carboxylic acid groups (broad SMARTS) is 1. The van der Waals surface area contributed by atoms with Crippen LogP contribution in [0.25, 0.3) is 0 Å². The van der Waals surface area contributed by atoms with Crippen molar-refractivity contribution in [1.29, 1.82) is 0 Å². The smallest absolute Gasteiger partial charge is 0.309 e. The van der Waals surface area contributed by atoms with Gasteiger partial charge in [-0.1, -0.05) is 13.3 Å². The van der Waals surface area contributed by atoms with Crippen LogP contribution in [0.5, 0.6) is 0 Å². The summed E-state index contributed by atoms with van der Waals surface area (Å²) in [6.07, 6.45) is 8.73. The highest BCUT2D eigenvalue weighted by Crippen LogP contribution is 2.72. The molecule has 0 saturated heterocycles. The highest BCUT2D eigenvalue weighted by atomic mass is 16.4. The molecule has 4 heteroatoms. The Hall–Kier alpha value is -0.610. The van der Waals surface area contributed by atoms with Crippen molar-refractivity contribution < 1.29 is 20.1 Å². The molecule has 1 spiro atoms. The monoisotopic (exact) mass is 336 g/mol. The Morgan fingerprint density at radius 1 is 1.08 bits per heavy atom. The van der Waals surface area contributed by atoms with E-state index in [0.29, 0.717) is 5.92 Å². The fourth-order valence-corrected chi connectivity index (χ4v) is 8.06. The van der Waals surface area contributed by atoms with Gasteiger partial charge >= 0.3 is 5.97 Å². The van der Waals surface area contributed by atoms with Crippen molar-refractivity contribution in [1.82, 2.24) is 0 Å². The lowest BCUT2D eigenvalue weighted by molar-refractivity contribution is -0.181. The Bertz CT molecular complexity index is 562. The van der Waals surface area contributed by atoms with E-state index < -0.39 is 17.0 Å². The number of hydrogen-bond acceptors (Lipinski definition) is 3. The van der Waals surface area contributed by atoms with Crippen molar-refractivity contribution in [3.05, 3.63) is 0 Å². The van der Waals surface area contributed by atoms with Gasteiger partial charge in [0.25, 0.3) is 0 Å². The van der Waals surface area contributed by atoms with Gasteiger partial charge in [-0.15, -0.1) is 0 Å². The third kappa shape index (κ3) is 1.90. The summed E-state index contributed by atoms with van der Waals surface area (Å²) in [6.45, 7) is 4.19. The number of rotatable bonds is 2. The van der Waals surface area contributed by atoms with E-state index in [9.17, 15) is 20.1 Å². The van der Waals surface area contributed by atoms with Gasteiger partial charge in [-0.3, -0.25) is 4.79 Å². The Balaban J connectivity index is 1.73. The second-order valence-electron chi connectivity index (χ2n) is 10.0. The molecule has 4 saturated carbocycles. The number of hydrogen-bond donors (Lipinski definition) is 3. The first kappa shape index (κ1) is 16.8. The van der Waals surface area contributed by atoms with E-state index in [1.165, 1.54) is 0 Å². The highest BCUT2D eigenvalue weighted by Gasteiger charge is 2.68. The van der Waals surface area contributed by atoms with Crippen LogP contribution in [0.2, 0.25) is 0 Å². The number of aliphatic carboxylic acids is 1. The van der Waals surface area contributed by atoms with E-state index in [2.05, 4.69) is 6.92 Å². The molecule has 4 rings (SSSR count). The maximum absolute atomic E-state index is 12.1. The van der Waals surface area contributed by atoms with Crippen molar-refractivity contribution in [3.8, 4) is 0 Å². The molecule has 0 aliphatic heterocycles. The fourth-order valence-electron chi connectivity index (χ4n) is 8.06. The van der Waals surface area contributed by atoms with Gasteiger partial charge in [0.2, 0.25) is 0 Å². The molecule has 0 aromatic rings. The third-order valence-electron chi connectivity index (χ3n) is 9.08. The summed E-state index contributed by atoms with van der Waals surface area (Å²) in [7, 11) is 0. The minimum Gasteiger partial charge on any atom is -0.481 e. The lowest BCUT2D eigenvalue weighted by atomic mass is 9.41. The second-order valence-corrected chi connectivity index (χ2v) is 10.0. The van der Waals surface area contributed by atoms with Crippen LogP contribution in [0.4, 0.5) is 0 Å². The maximum atomic E-state index is 12.1. The van der Waals surface area contributed by atoms with E-state index in [-0.39, 0.29) is 29.3 Å². The van der Waals surface area contributed by atoms with Crippen LogP contribution in [0, 0.1) is 34.0 Å². The molecule has 0 aromatic carbocycles. The molecule has 0 aromatic heterocycles. The molecular formula is C20H32O4. The van der Waals surface area contributed by atoms with Crippen molar-refractivity contribution in [2.24, 2.45) is 34.0 Å². The van der Waals surface area contributed by atoms with Gasteiger partial charge in [-0.25, -0.2) is 0 Å². The standard InChI is InChI=1S/C20H32O4/c1-17-7-3-8-18(2,16(22)23)14(17)6-9-19-10-13(4-5-15(17)19)20(24,11-19)12-21/h13-15,21,24H,3-12H2,1-2H3,(H,22,23)/t13-,14+,15+,17-,18-,19+,20-/m1/s1. The van der Waals surface area contributed by atoms with Crippen LogP contribution >= 0.6 is 0 Å². The average molecular weight is 336 g/mol. The molecule has 2 bridgehead atoms. The van der Waals surface area contributed by atoms with Crippen LogP contribution in [0.1, 0.15) is 71.6 Å². The summed E-state index contributed by atoms with van der Waals surface area (Å²) in [5.41, 5.74) is -1.31. The van der Waals surface area contributed by atoms with Gasteiger partial charge in [0, 0.05) is 0 Å². The van der Waals surface area contributed by atoms with Crippen LogP contribution in [-0.2, 0) is 4.79 Å². The Labute approximate surface area is 144 Å². The molecule has 0 radical (unpaired) electrons. The van der Waals surface area contributed by atoms with Gasteiger partial charge in [0.1, 0.15) is 0 Å². The van der Waals surface area contributed by atoms with Gasteiger partial charge < -0.3 is 15.3 Å². The summed E-state index contributed by atoms with van der Waals surface area (Å²) in [5, 5.41) is 30.6. The number of aliphatic hydroxyl groups excluding tert-OH is 1. The number of aliphatic hydroxyl groups is 2. The molecule has 136 valence electrons. The first-order valence-corrected chi connectivity index (χ1v) is 9.77. The van der Waals surface area contributed by atoms with Crippen LogP contribution in [0.3, 0.4) is 0 Å². The molecule has 7 atom stereocenters. The van der Waals surface area contributed by atoms with Crippen molar-refractivity contribution in [3.63, 3.8) is 0 Å². The van der Waals surface area contributed by atoms with E-state index in [4.69, 9.17) is 0 Å². The average Bonchev–Trinajstić information content (AvgIpc) is 2.73. The normalized spacial score (nSPS) is 56.4. The maximum Gasteiger partial charge on any atom is 0.309 e. The third-order valence-corrected chi connectivity index (χ3v) is 9.08. The molecule has 24 heavy (non-hydrogen) atoms. The summed E-state index contributed by atoms with van der Waals surface area (Å²) in [6, 6.07) is 0. The number of carboxylic acids is 1. The predicted octanol–water partition coefficient (Wildman–Crippen LogP) is 3.21. The minimum atomic E-state index is -0.900. The molecule has 4 aliphatic carbocycles. The van der Waals surface area contributed by atoms with Gasteiger partial charge in [0.05, 0.1) is 17.6 Å². The van der Waals surface area contributed by atoms with E-state index in [0.717, 1.165) is 57.8 Å². The Morgan fingerprint density at radius 3 is 2.50 bits per heavy atom. The molecule has 0 unspecified atom stereocenters. The number of fused-ring (bicyclic) bond motifs is 3. The zero-order chi connectivity index (χ0) is 17.4. The number of carbonyl (C=O) groups is 1. The van der Waals surface area contributed by atoms with Crippen molar-refractivity contribution in [2.75, 3.05) is 6.61 Å². The van der Waals surface area contributed by atoms with E-state index >= 15 is 0 Å². The van der Waals surface area contributed by atoms with Crippen LogP contribution < -0.4 is 0 Å². The first-order chi connectivity index (χ1) is 11.2. The highest BCUT2D eigenvalue weighted by molar-refractivity contribution is 5.75. The van der Waals surface area contributed by atoms with E-state index in [1.807, 2.05) is 6.92 Å². The molecule has 0 amide bonds. The second kappa shape index (κ2) is 4.97. The largest absolute Gasteiger partial charge is 0.481 e. The summed E-state index contributed by atoms with van der Waals surface area (Å²) < 4.78 is 0. The molecule has 4 aliphatic rings. The topological polar surface area (TPSA) is 77.8 Å². The van der Waals surface area contributed by atoms with Gasteiger partial charge in [-0.05, 0) is 86.9 Å². The molecule has 0 heterocycles. The van der Waals surface area contributed by atoms with Crippen LogP contribution in [-0.4, -0.2) is 33.5 Å². The fraction of sp³-hybridized carbons (Fsp3) is 0.950. The predicted molar refractivity (Wildman–Crippen MR) is 90.3 cm³/mol. The van der Waals surface area contributed by atoms with Crippen molar-refractivity contribution >= 4 is 5.97 Å². The van der Waals surface area contributed by atoms with Crippen molar-refractivity contribution in [2.45, 2.75) is 77.2 Å². The lowest BCUT2D eigenvalue weighted by Crippen LogP contribution is -2.58. The zero-order valence-corrected chi connectivity index (χ0v) is 15.1. The minimum absolute atomic E-state index is 0.0648.